The normalized spacial score (nSPS) is 16.3. The molecule has 0 rings (SSSR count). The molecular formula is C25H47NO. The van der Waals surface area contributed by atoms with E-state index >= 15 is 0 Å². The number of rotatable bonds is 14. The maximum Gasteiger partial charge on any atom is 0.155 e. The van der Waals surface area contributed by atoms with Gasteiger partial charge in [0.05, 0.1) is 0 Å². The third kappa shape index (κ3) is 9.23. The Morgan fingerprint density at radius 3 is 2.04 bits per heavy atom. The minimum absolute atomic E-state index is 0.105. The monoisotopic (exact) mass is 377 g/mol. The lowest BCUT2D eigenvalue weighted by molar-refractivity contribution is -0.113. The third-order valence-electron chi connectivity index (χ3n) is 6.63. The molecule has 158 valence electrons. The van der Waals surface area contributed by atoms with E-state index in [9.17, 15) is 4.79 Å². The van der Waals surface area contributed by atoms with Crippen LogP contribution >= 0.6 is 0 Å². The highest BCUT2D eigenvalue weighted by atomic mass is 16.1. The van der Waals surface area contributed by atoms with E-state index in [1.54, 1.807) is 6.92 Å². The maximum atomic E-state index is 11.7. The first-order valence-electron chi connectivity index (χ1n) is 11.0. The summed E-state index contributed by atoms with van der Waals surface area (Å²) in [5, 5.41) is 0. The van der Waals surface area contributed by atoms with Crippen LogP contribution in [0.2, 0.25) is 0 Å². The van der Waals surface area contributed by atoms with Gasteiger partial charge in [0.2, 0.25) is 0 Å². The van der Waals surface area contributed by atoms with Crippen molar-refractivity contribution in [1.29, 1.82) is 0 Å². The van der Waals surface area contributed by atoms with Gasteiger partial charge in [0.15, 0.2) is 5.78 Å². The van der Waals surface area contributed by atoms with Crippen LogP contribution in [-0.2, 0) is 4.79 Å². The number of hydrogen-bond donors (Lipinski definition) is 0. The van der Waals surface area contributed by atoms with Gasteiger partial charge in [-0.25, -0.2) is 0 Å². The van der Waals surface area contributed by atoms with Crippen LogP contribution in [0, 0.1) is 16.7 Å². The molecule has 0 saturated carbocycles. The van der Waals surface area contributed by atoms with E-state index in [1.807, 2.05) is 6.92 Å². The molecule has 0 fully saturated rings. The molecule has 0 amide bonds. The summed E-state index contributed by atoms with van der Waals surface area (Å²) >= 11 is 0. The van der Waals surface area contributed by atoms with Gasteiger partial charge in [0.1, 0.15) is 0 Å². The SMILES string of the molecule is C=C(C)C(C)(/C=C(/C)C(C)=O)C[C@H](C)CCN(CCC)CC(C)(CC)CC. The molecule has 2 heteroatoms. The smallest absolute Gasteiger partial charge is 0.155 e. The Hall–Kier alpha value is -0.890. The number of carbonyl (C=O) groups excluding carboxylic acids is 1. The predicted molar refractivity (Wildman–Crippen MR) is 121 cm³/mol. The number of Topliss-reactive ketones (excluding diaryl/α,β-unsaturated/α-hetero) is 1. The lowest BCUT2D eigenvalue weighted by atomic mass is 9.74. The molecule has 1 unspecified atom stereocenters. The van der Waals surface area contributed by atoms with Gasteiger partial charge < -0.3 is 4.90 Å². The first-order valence-corrected chi connectivity index (χ1v) is 11.0. The van der Waals surface area contributed by atoms with Gasteiger partial charge in [-0.15, -0.1) is 0 Å². The van der Waals surface area contributed by atoms with E-state index in [-0.39, 0.29) is 11.2 Å². The molecule has 0 aliphatic carbocycles. The van der Waals surface area contributed by atoms with Crippen molar-refractivity contribution >= 4 is 5.78 Å². The van der Waals surface area contributed by atoms with Crippen molar-refractivity contribution in [3.05, 3.63) is 23.8 Å². The Balaban J connectivity index is 5.02. The summed E-state index contributed by atoms with van der Waals surface area (Å²) in [6.07, 6.45) is 8.07. The largest absolute Gasteiger partial charge is 0.303 e. The first-order chi connectivity index (χ1) is 12.4. The van der Waals surface area contributed by atoms with Crippen molar-refractivity contribution in [2.75, 3.05) is 19.6 Å². The van der Waals surface area contributed by atoms with Gasteiger partial charge in [0, 0.05) is 12.0 Å². The zero-order valence-corrected chi connectivity index (χ0v) is 19.9. The Morgan fingerprint density at radius 1 is 1.07 bits per heavy atom. The average molecular weight is 378 g/mol. The van der Waals surface area contributed by atoms with E-state index in [2.05, 4.69) is 66.0 Å². The van der Waals surface area contributed by atoms with E-state index in [1.165, 1.54) is 38.8 Å². The van der Waals surface area contributed by atoms with E-state index < -0.39 is 0 Å². The second-order valence-electron chi connectivity index (χ2n) is 9.47. The van der Waals surface area contributed by atoms with Gasteiger partial charge in [-0.1, -0.05) is 59.8 Å². The molecule has 0 bridgehead atoms. The van der Waals surface area contributed by atoms with Crippen LogP contribution in [0.25, 0.3) is 0 Å². The number of hydrogen-bond acceptors (Lipinski definition) is 2. The average Bonchev–Trinajstić information content (AvgIpc) is 2.59. The Labute approximate surface area is 170 Å². The molecule has 0 aromatic carbocycles. The van der Waals surface area contributed by atoms with Gasteiger partial charge in [-0.3, -0.25) is 4.79 Å². The molecule has 0 heterocycles. The highest BCUT2D eigenvalue weighted by Gasteiger charge is 2.27. The summed E-state index contributed by atoms with van der Waals surface area (Å²) < 4.78 is 0. The summed E-state index contributed by atoms with van der Waals surface area (Å²) in [6.45, 7) is 27.3. The van der Waals surface area contributed by atoms with Crippen LogP contribution in [0.5, 0.6) is 0 Å². The zero-order chi connectivity index (χ0) is 21.3. The van der Waals surface area contributed by atoms with Crippen molar-refractivity contribution in [2.45, 2.75) is 94.4 Å². The van der Waals surface area contributed by atoms with Crippen LogP contribution in [-0.4, -0.2) is 30.3 Å². The molecule has 0 aliphatic rings. The minimum Gasteiger partial charge on any atom is -0.303 e. The molecule has 0 aromatic rings. The highest BCUT2D eigenvalue weighted by molar-refractivity contribution is 5.92. The van der Waals surface area contributed by atoms with E-state index in [0.29, 0.717) is 11.3 Å². The maximum absolute atomic E-state index is 11.7. The lowest BCUT2D eigenvalue weighted by Gasteiger charge is -2.36. The molecule has 27 heavy (non-hydrogen) atoms. The van der Waals surface area contributed by atoms with Crippen LogP contribution in [0.15, 0.2) is 23.8 Å². The predicted octanol–water partition coefficient (Wildman–Crippen LogP) is 7.06. The van der Waals surface area contributed by atoms with Crippen molar-refractivity contribution in [3.63, 3.8) is 0 Å². The van der Waals surface area contributed by atoms with Crippen molar-refractivity contribution < 1.29 is 4.79 Å². The third-order valence-corrected chi connectivity index (χ3v) is 6.63. The van der Waals surface area contributed by atoms with Crippen molar-refractivity contribution in [3.8, 4) is 0 Å². The lowest BCUT2D eigenvalue weighted by Crippen LogP contribution is -2.37. The van der Waals surface area contributed by atoms with Crippen molar-refractivity contribution in [2.24, 2.45) is 16.7 Å². The van der Waals surface area contributed by atoms with E-state index in [4.69, 9.17) is 0 Å². The Bertz CT molecular complexity index is 500. The summed E-state index contributed by atoms with van der Waals surface area (Å²) in [6, 6.07) is 0. The molecule has 0 saturated heterocycles. The fourth-order valence-electron chi connectivity index (χ4n) is 3.76. The molecule has 2 nitrogen and oxygen atoms in total. The summed E-state index contributed by atoms with van der Waals surface area (Å²) in [5.74, 6) is 0.749. The second kappa shape index (κ2) is 11.8. The number of ketones is 1. The fraction of sp³-hybridized carbons (Fsp3) is 0.800. The standard InChI is InChI=1S/C25H47NO/c1-11-15-26(19-24(9,12-2)13-3)16-14-21(6)17-25(10,20(4)5)18-22(7)23(8)27/h18,21H,4,11-17,19H2,1-3,5-10H3/b22-18-/t21-,25?/m1/s1. The van der Waals surface area contributed by atoms with Gasteiger partial charge in [0.25, 0.3) is 0 Å². The van der Waals surface area contributed by atoms with Crippen LogP contribution < -0.4 is 0 Å². The number of allylic oxidation sites excluding steroid dienone is 3. The first kappa shape index (κ1) is 26.1. The molecular weight excluding hydrogens is 330 g/mol. The molecule has 0 aliphatic heterocycles. The Kier molecular flexibility index (Phi) is 11.5. The van der Waals surface area contributed by atoms with Crippen LogP contribution in [0.3, 0.4) is 0 Å². The Morgan fingerprint density at radius 2 is 1.63 bits per heavy atom. The molecule has 0 N–H and O–H groups in total. The van der Waals surface area contributed by atoms with Crippen LogP contribution in [0.1, 0.15) is 94.4 Å². The minimum atomic E-state index is -0.105. The van der Waals surface area contributed by atoms with Crippen molar-refractivity contribution in [1.82, 2.24) is 4.90 Å². The van der Waals surface area contributed by atoms with Crippen LogP contribution in [0.4, 0.5) is 0 Å². The van der Waals surface area contributed by atoms with Gasteiger partial charge in [-0.2, -0.15) is 0 Å². The topological polar surface area (TPSA) is 20.3 Å². The highest BCUT2D eigenvalue weighted by Crippen LogP contribution is 2.37. The molecule has 0 spiro atoms. The van der Waals surface area contributed by atoms with Gasteiger partial charge in [-0.05, 0) is 82.9 Å². The molecule has 0 aromatic heterocycles. The summed E-state index contributed by atoms with van der Waals surface area (Å²) in [4.78, 5) is 14.4. The van der Waals surface area contributed by atoms with E-state index in [0.717, 1.165) is 24.1 Å². The van der Waals surface area contributed by atoms with Gasteiger partial charge >= 0.3 is 0 Å². The molecule has 2 atom stereocenters. The number of carbonyl (C=O) groups is 1. The summed E-state index contributed by atoms with van der Waals surface area (Å²) in [7, 11) is 0. The second-order valence-corrected chi connectivity index (χ2v) is 9.47. The molecule has 0 radical (unpaired) electrons. The fourth-order valence-corrected chi connectivity index (χ4v) is 3.76. The number of nitrogens with zero attached hydrogens (tertiary/aromatic N) is 1. The quantitative estimate of drug-likeness (QED) is 0.238. The summed E-state index contributed by atoms with van der Waals surface area (Å²) in [5.41, 5.74) is 2.31. The zero-order valence-electron chi connectivity index (χ0n) is 19.9.